The molecule has 0 atom stereocenters. The zero-order valence-electron chi connectivity index (χ0n) is 19.0. The van der Waals surface area contributed by atoms with Crippen molar-refractivity contribution in [3.8, 4) is 10.6 Å². The second-order valence-corrected chi connectivity index (χ2v) is 9.86. The molecule has 0 unspecified atom stereocenters. The monoisotopic (exact) mass is 460 g/mol. The largest absolute Gasteiger partial charge is 0.336 e. The molecule has 170 valence electrons. The molecule has 2 fully saturated rings. The van der Waals surface area contributed by atoms with E-state index >= 15 is 0 Å². The molecule has 3 heterocycles. The molecule has 2 aromatic carbocycles. The van der Waals surface area contributed by atoms with Crippen molar-refractivity contribution in [2.75, 3.05) is 39.3 Å². The molecule has 33 heavy (non-hydrogen) atoms. The van der Waals surface area contributed by atoms with Crippen LogP contribution in [0.5, 0.6) is 0 Å². The van der Waals surface area contributed by atoms with Gasteiger partial charge in [0.2, 0.25) is 0 Å². The van der Waals surface area contributed by atoms with Gasteiger partial charge in [-0.15, -0.1) is 11.3 Å². The number of carbonyl (C=O) groups excluding carboxylic acids is 2. The van der Waals surface area contributed by atoms with Crippen LogP contribution in [0.25, 0.3) is 10.6 Å². The van der Waals surface area contributed by atoms with Crippen LogP contribution in [0.3, 0.4) is 0 Å². The SMILES string of the molecule is Cc1ccc(-c2nc(C)c(C(=O)N3CC(N4CCN(C(=O)c5ccccc5)CC4)C3)s2)cc1. The summed E-state index contributed by atoms with van der Waals surface area (Å²) in [6.07, 6.45) is 0. The lowest BCUT2D eigenvalue weighted by molar-refractivity contribution is 0.00875. The molecule has 0 aliphatic carbocycles. The summed E-state index contributed by atoms with van der Waals surface area (Å²) >= 11 is 1.48. The van der Waals surface area contributed by atoms with Crippen molar-refractivity contribution in [2.24, 2.45) is 0 Å². The van der Waals surface area contributed by atoms with Crippen molar-refractivity contribution in [1.29, 1.82) is 0 Å². The quantitative estimate of drug-likeness (QED) is 0.596. The molecule has 7 heteroatoms. The lowest BCUT2D eigenvalue weighted by Crippen LogP contribution is -2.64. The Balaban J connectivity index is 1.15. The molecule has 0 saturated carbocycles. The summed E-state index contributed by atoms with van der Waals surface area (Å²) < 4.78 is 0. The maximum Gasteiger partial charge on any atom is 0.265 e. The van der Waals surface area contributed by atoms with Crippen molar-refractivity contribution in [3.05, 3.63) is 76.3 Å². The molecule has 2 aliphatic heterocycles. The summed E-state index contributed by atoms with van der Waals surface area (Å²) in [6.45, 7) is 8.61. The van der Waals surface area contributed by atoms with E-state index in [1.807, 2.05) is 47.1 Å². The third-order valence-electron chi connectivity index (χ3n) is 6.58. The van der Waals surface area contributed by atoms with Gasteiger partial charge in [0.25, 0.3) is 11.8 Å². The molecule has 1 aromatic heterocycles. The number of benzene rings is 2. The number of thiazole rings is 1. The van der Waals surface area contributed by atoms with E-state index in [0.29, 0.717) is 6.04 Å². The molecule has 2 saturated heterocycles. The van der Waals surface area contributed by atoms with Crippen LogP contribution in [-0.4, -0.2) is 76.8 Å². The van der Waals surface area contributed by atoms with Gasteiger partial charge in [0, 0.05) is 56.4 Å². The van der Waals surface area contributed by atoms with Crippen LogP contribution in [0.4, 0.5) is 0 Å². The number of likely N-dealkylation sites (tertiary alicyclic amines) is 1. The first kappa shape index (κ1) is 21.8. The van der Waals surface area contributed by atoms with Gasteiger partial charge >= 0.3 is 0 Å². The summed E-state index contributed by atoms with van der Waals surface area (Å²) in [7, 11) is 0. The lowest BCUT2D eigenvalue weighted by Gasteiger charge is -2.48. The highest BCUT2D eigenvalue weighted by molar-refractivity contribution is 7.17. The van der Waals surface area contributed by atoms with Crippen molar-refractivity contribution in [1.82, 2.24) is 19.7 Å². The van der Waals surface area contributed by atoms with E-state index in [-0.39, 0.29) is 11.8 Å². The van der Waals surface area contributed by atoms with Gasteiger partial charge in [-0.3, -0.25) is 14.5 Å². The Labute approximate surface area is 198 Å². The maximum absolute atomic E-state index is 13.1. The predicted octanol–water partition coefficient (Wildman–Crippen LogP) is 3.71. The third-order valence-corrected chi connectivity index (χ3v) is 7.77. The molecular formula is C26H28N4O2S. The summed E-state index contributed by atoms with van der Waals surface area (Å²) in [4.78, 5) is 37.4. The highest BCUT2D eigenvalue weighted by Crippen LogP contribution is 2.30. The molecule has 0 spiro atoms. The molecule has 3 aromatic rings. The first-order chi connectivity index (χ1) is 16.0. The van der Waals surface area contributed by atoms with E-state index < -0.39 is 0 Å². The van der Waals surface area contributed by atoms with Crippen molar-refractivity contribution in [3.63, 3.8) is 0 Å². The number of hydrogen-bond acceptors (Lipinski definition) is 5. The second-order valence-electron chi connectivity index (χ2n) is 8.86. The third kappa shape index (κ3) is 4.43. The van der Waals surface area contributed by atoms with Gasteiger partial charge in [0.15, 0.2) is 0 Å². The Morgan fingerprint density at radius 2 is 1.52 bits per heavy atom. The van der Waals surface area contributed by atoms with E-state index in [9.17, 15) is 9.59 Å². The van der Waals surface area contributed by atoms with E-state index in [4.69, 9.17) is 0 Å². The van der Waals surface area contributed by atoms with Crippen LogP contribution in [0.1, 0.15) is 31.3 Å². The van der Waals surface area contributed by atoms with E-state index in [1.165, 1.54) is 16.9 Å². The number of aryl methyl sites for hydroxylation is 2. The fourth-order valence-corrected chi connectivity index (χ4v) is 5.50. The average molecular weight is 461 g/mol. The normalized spacial score (nSPS) is 17.2. The first-order valence-electron chi connectivity index (χ1n) is 11.4. The number of carbonyl (C=O) groups is 2. The Hall–Kier alpha value is -3.03. The van der Waals surface area contributed by atoms with Gasteiger partial charge in [-0.1, -0.05) is 48.0 Å². The van der Waals surface area contributed by atoms with Crippen LogP contribution < -0.4 is 0 Å². The zero-order chi connectivity index (χ0) is 22.9. The minimum absolute atomic E-state index is 0.0810. The molecule has 0 radical (unpaired) electrons. The van der Waals surface area contributed by atoms with Crippen molar-refractivity contribution < 1.29 is 9.59 Å². The Kier molecular flexibility index (Phi) is 6.00. The molecule has 0 N–H and O–H groups in total. The highest BCUT2D eigenvalue weighted by atomic mass is 32.1. The molecule has 0 bridgehead atoms. The predicted molar refractivity (Wildman–Crippen MR) is 131 cm³/mol. The fraction of sp³-hybridized carbons (Fsp3) is 0.346. The van der Waals surface area contributed by atoms with E-state index in [1.54, 1.807) is 0 Å². The standard InChI is InChI=1S/C26H28N4O2S/c1-18-8-10-20(11-9-18)24-27-19(2)23(33-24)26(32)30-16-22(17-30)28-12-14-29(15-13-28)25(31)21-6-4-3-5-7-21/h3-11,22H,12-17H2,1-2H3. The van der Waals surface area contributed by atoms with E-state index in [0.717, 1.165) is 66.0 Å². The van der Waals surface area contributed by atoms with Gasteiger partial charge in [0.1, 0.15) is 9.88 Å². The Morgan fingerprint density at radius 1 is 0.848 bits per heavy atom. The maximum atomic E-state index is 13.1. The second kappa shape index (κ2) is 9.08. The topological polar surface area (TPSA) is 56.8 Å². The van der Waals surface area contributed by atoms with Crippen LogP contribution in [-0.2, 0) is 0 Å². The van der Waals surface area contributed by atoms with Gasteiger partial charge in [-0.05, 0) is 26.0 Å². The fourth-order valence-electron chi connectivity index (χ4n) is 4.46. The van der Waals surface area contributed by atoms with Gasteiger partial charge in [-0.25, -0.2) is 4.98 Å². The lowest BCUT2D eigenvalue weighted by atomic mass is 10.0. The average Bonchev–Trinajstić information content (AvgIpc) is 3.20. The number of aromatic nitrogens is 1. The van der Waals surface area contributed by atoms with Gasteiger partial charge in [0.05, 0.1) is 5.69 Å². The summed E-state index contributed by atoms with van der Waals surface area (Å²) in [5.41, 5.74) is 3.81. The summed E-state index contributed by atoms with van der Waals surface area (Å²) in [6, 6.07) is 18.1. The highest BCUT2D eigenvalue weighted by Gasteiger charge is 2.38. The molecule has 2 amide bonds. The van der Waals surface area contributed by atoms with Crippen molar-refractivity contribution >= 4 is 23.2 Å². The molecule has 2 aliphatic rings. The number of hydrogen-bond donors (Lipinski definition) is 0. The van der Waals surface area contributed by atoms with Gasteiger partial charge in [-0.2, -0.15) is 0 Å². The Bertz CT molecular complexity index is 1140. The number of nitrogens with zero attached hydrogens (tertiary/aromatic N) is 4. The van der Waals surface area contributed by atoms with Crippen LogP contribution >= 0.6 is 11.3 Å². The number of amides is 2. The minimum atomic E-state index is 0.0810. The zero-order valence-corrected chi connectivity index (χ0v) is 19.8. The van der Waals surface area contributed by atoms with Crippen LogP contribution in [0.15, 0.2) is 54.6 Å². The van der Waals surface area contributed by atoms with E-state index in [2.05, 4.69) is 41.1 Å². The smallest absolute Gasteiger partial charge is 0.265 e. The minimum Gasteiger partial charge on any atom is -0.336 e. The number of rotatable bonds is 4. The van der Waals surface area contributed by atoms with Crippen LogP contribution in [0, 0.1) is 13.8 Å². The van der Waals surface area contributed by atoms with Crippen LogP contribution in [0.2, 0.25) is 0 Å². The summed E-state index contributed by atoms with van der Waals surface area (Å²) in [5, 5.41) is 0.895. The summed E-state index contributed by atoms with van der Waals surface area (Å²) in [5.74, 6) is 0.184. The number of piperazine rings is 1. The molecule has 5 rings (SSSR count). The Morgan fingerprint density at radius 3 is 2.18 bits per heavy atom. The van der Waals surface area contributed by atoms with Gasteiger partial charge < -0.3 is 9.80 Å². The molecule has 6 nitrogen and oxygen atoms in total. The van der Waals surface area contributed by atoms with Crippen molar-refractivity contribution in [2.45, 2.75) is 19.9 Å². The molecular weight excluding hydrogens is 432 g/mol. The first-order valence-corrected chi connectivity index (χ1v) is 12.2.